The quantitative estimate of drug-likeness (QED) is 0.616. The summed E-state index contributed by atoms with van der Waals surface area (Å²) in [5, 5.41) is 18.2. The Morgan fingerprint density at radius 1 is 1.10 bits per heavy atom. The van der Waals surface area contributed by atoms with Gasteiger partial charge in [0.15, 0.2) is 0 Å². The van der Waals surface area contributed by atoms with Gasteiger partial charge in [-0.25, -0.2) is 4.68 Å². The number of carbonyl (C=O) groups excluding carboxylic acids is 2. The molecule has 152 valence electrons. The van der Waals surface area contributed by atoms with E-state index in [4.69, 9.17) is 0 Å². The Bertz CT molecular complexity index is 940. The van der Waals surface area contributed by atoms with Gasteiger partial charge in [0.05, 0.1) is 16.3 Å². The minimum absolute atomic E-state index is 0.00396. The first kappa shape index (κ1) is 19.1. The van der Waals surface area contributed by atoms with E-state index in [1.54, 1.807) is 22.9 Å². The van der Waals surface area contributed by atoms with Crippen LogP contribution < -0.4 is 5.32 Å². The molecule has 2 fully saturated rings. The number of nitro benzene ring substituents is 1. The third-order valence-electron chi connectivity index (χ3n) is 5.49. The number of benzene rings is 1. The van der Waals surface area contributed by atoms with Crippen molar-refractivity contribution in [3.05, 3.63) is 46.1 Å². The molecule has 0 spiro atoms. The van der Waals surface area contributed by atoms with Crippen molar-refractivity contribution in [3.8, 4) is 5.69 Å². The van der Waals surface area contributed by atoms with E-state index < -0.39 is 4.92 Å². The molecule has 2 aliphatic rings. The maximum absolute atomic E-state index is 12.8. The summed E-state index contributed by atoms with van der Waals surface area (Å²) in [4.78, 5) is 37.2. The van der Waals surface area contributed by atoms with Crippen molar-refractivity contribution in [1.29, 1.82) is 0 Å². The Labute approximate surface area is 167 Å². The number of non-ortho nitro benzene ring substituents is 1. The summed E-state index contributed by atoms with van der Waals surface area (Å²) in [7, 11) is 0. The summed E-state index contributed by atoms with van der Waals surface area (Å²) in [6.45, 7) is 3.06. The molecular weight excluding hydrogens is 374 g/mol. The zero-order valence-corrected chi connectivity index (χ0v) is 16.2. The minimum atomic E-state index is -0.457. The Hall–Kier alpha value is -3.23. The van der Waals surface area contributed by atoms with Gasteiger partial charge in [0, 0.05) is 43.1 Å². The smallest absolute Gasteiger partial charge is 0.269 e. The zero-order valence-electron chi connectivity index (χ0n) is 16.2. The van der Waals surface area contributed by atoms with Crippen molar-refractivity contribution in [2.75, 3.05) is 18.4 Å². The summed E-state index contributed by atoms with van der Waals surface area (Å²) in [5.74, 6) is 0.721. The van der Waals surface area contributed by atoms with Crippen LogP contribution in [0, 0.1) is 28.9 Å². The zero-order chi connectivity index (χ0) is 20.5. The summed E-state index contributed by atoms with van der Waals surface area (Å²) in [6.07, 6.45) is 3.28. The normalized spacial score (nSPS) is 17.2. The molecule has 0 unspecified atom stereocenters. The number of carbonyl (C=O) groups is 2. The molecule has 1 aliphatic heterocycles. The van der Waals surface area contributed by atoms with Gasteiger partial charge in [-0.1, -0.05) is 0 Å². The lowest BCUT2D eigenvalue weighted by atomic mass is 9.95. The second kappa shape index (κ2) is 7.65. The molecule has 1 saturated carbocycles. The number of hydrogen-bond acceptors (Lipinski definition) is 5. The van der Waals surface area contributed by atoms with E-state index in [0.717, 1.165) is 18.5 Å². The minimum Gasteiger partial charge on any atom is -0.342 e. The number of amides is 2. The second-order valence-electron chi connectivity index (χ2n) is 7.72. The lowest BCUT2D eigenvalue weighted by molar-refractivity contribution is -0.384. The third-order valence-corrected chi connectivity index (χ3v) is 5.49. The molecule has 0 radical (unpaired) electrons. The highest BCUT2D eigenvalue weighted by Crippen LogP contribution is 2.32. The molecule has 2 aromatic rings. The molecule has 1 N–H and O–H groups in total. The number of hydrogen-bond donors (Lipinski definition) is 1. The first-order chi connectivity index (χ1) is 13.9. The van der Waals surface area contributed by atoms with Crippen LogP contribution in [0.4, 0.5) is 11.5 Å². The number of aromatic nitrogens is 2. The number of rotatable bonds is 5. The van der Waals surface area contributed by atoms with Crippen molar-refractivity contribution in [3.63, 3.8) is 0 Å². The van der Waals surface area contributed by atoms with E-state index in [-0.39, 0.29) is 29.3 Å². The van der Waals surface area contributed by atoms with Gasteiger partial charge >= 0.3 is 0 Å². The number of nitrogens with one attached hydrogen (secondary N) is 1. The third kappa shape index (κ3) is 4.13. The van der Waals surface area contributed by atoms with Crippen LogP contribution in [0.5, 0.6) is 0 Å². The Kier molecular flexibility index (Phi) is 5.04. The lowest BCUT2D eigenvalue weighted by Gasteiger charge is -2.31. The standard InChI is InChI=1S/C20H23N5O4/c1-13-12-18(24(22-13)16-4-6-17(7-5-16)25(28)29)21-19(26)14-8-10-23(11-9-14)20(27)15-2-3-15/h4-7,12,14-15H,2-3,8-11H2,1H3,(H,21,26). The van der Waals surface area contributed by atoms with Crippen molar-refractivity contribution >= 4 is 23.3 Å². The maximum atomic E-state index is 12.8. The molecule has 9 nitrogen and oxygen atoms in total. The van der Waals surface area contributed by atoms with Crippen LogP contribution in [0.15, 0.2) is 30.3 Å². The van der Waals surface area contributed by atoms with E-state index in [1.807, 2.05) is 11.8 Å². The predicted octanol–water partition coefficient (Wildman–Crippen LogP) is 2.68. The van der Waals surface area contributed by atoms with Gasteiger partial charge in [-0.3, -0.25) is 19.7 Å². The highest BCUT2D eigenvalue weighted by atomic mass is 16.6. The molecule has 1 saturated heterocycles. The molecule has 0 bridgehead atoms. The summed E-state index contributed by atoms with van der Waals surface area (Å²) >= 11 is 0. The van der Waals surface area contributed by atoms with Gasteiger partial charge in [0.1, 0.15) is 5.82 Å². The summed E-state index contributed by atoms with van der Waals surface area (Å²) < 4.78 is 1.57. The van der Waals surface area contributed by atoms with E-state index in [1.165, 1.54) is 12.1 Å². The largest absolute Gasteiger partial charge is 0.342 e. The lowest BCUT2D eigenvalue weighted by Crippen LogP contribution is -2.42. The highest BCUT2D eigenvalue weighted by Gasteiger charge is 2.36. The topological polar surface area (TPSA) is 110 Å². The van der Waals surface area contributed by atoms with Gasteiger partial charge in [-0.2, -0.15) is 5.10 Å². The number of aryl methyl sites for hydroxylation is 1. The summed E-state index contributed by atoms with van der Waals surface area (Å²) in [6, 6.07) is 7.78. The van der Waals surface area contributed by atoms with Crippen LogP contribution in [-0.2, 0) is 9.59 Å². The van der Waals surface area contributed by atoms with Crippen molar-refractivity contribution in [2.45, 2.75) is 32.6 Å². The number of piperidine rings is 1. The molecule has 29 heavy (non-hydrogen) atoms. The second-order valence-corrected chi connectivity index (χ2v) is 7.72. The fourth-order valence-electron chi connectivity index (χ4n) is 3.68. The number of anilines is 1. The molecule has 4 rings (SSSR count). The maximum Gasteiger partial charge on any atom is 0.269 e. The van der Waals surface area contributed by atoms with E-state index in [2.05, 4.69) is 10.4 Å². The van der Waals surface area contributed by atoms with Crippen LogP contribution in [0.2, 0.25) is 0 Å². The molecule has 2 amide bonds. The molecule has 9 heteroatoms. The van der Waals surface area contributed by atoms with E-state index in [0.29, 0.717) is 37.4 Å². The van der Waals surface area contributed by atoms with Crippen LogP contribution in [0.1, 0.15) is 31.4 Å². The summed E-state index contributed by atoms with van der Waals surface area (Å²) in [5.41, 5.74) is 1.35. The van der Waals surface area contributed by atoms with Crippen LogP contribution in [-0.4, -0.2) is 44.5 Å². The first-order valence-corrected chi connectivity index (χ1v) is 9.83. The van der Waals surface area contributed by atoms with Crippen molar-refractivity contribution in [1.82, 2.24) is 14.7 Å². The van der Waals surface area contributed by atoms with Crippen LogP contribution >= 0.6 is 0 Å². The highest BCUT2D eigenvalue weighted by molar-refractivity contribution is 5.92. The van der Waals surface area contributed by atoms with Crippen LogP contribution in [0.3, 0.4) is 0 Å². The first-order valence-electron chi connectivity index (χ1n) is 9.83. The number of nitrogens with zero attached hydrogens (tertiary/aromatic N) is 4. The van der Waals surface area contributed by atoms with Gasteiger partial charge in [0.2, 0.25) is 11.8 Å². The average Bonchev–Trinajstić information content (AvgIpc) is 3.51. The number of nitro groups is 1. The van der Waals surface area contributed by atoms with Gasteiger partial charge in [-0.15, -0.1) is 0 Å². The fraction of sp³-hybridized carbons (Fsp3) is 0.450. The molecule has 1 aliphatic carbocycles. The molecular formula is C20H23N5O4. The SMILES string of the molecule is Cc1cc(NC(=O)C2CCN(C(=O)C3CC3)CC2)n(-c2ccc([N+](=O)[O-])cc2)n1. The monoisotopic (exact) mass is 397 g/mol. The van der Waals surface area contributed by atoms with Crippen molar-refractivity contribution < 1.29 is 14.5 Å². The van der Waals surface area contributed by atoms with E-state index >= 15 is 0 Å². The Morgan fingerprint density at radius 3 is 2.34 bits per heavy atom. The molecule has 0 atom stereocenters. The van der Waals surface area contributed by atoms with Gasteiger partial charge < -0.3 is 10.2 Å². The van der Waals surface area contributed by atoms with Gasteiger partial charge in [-0.05, 0) is 44.7 Å². The van der Waals surface area contributed by atoms with Gasteiger partial charge in [0.25, 0.3) is 5.69 Å². The van der Waals surface area contributed by atoms with E-state index in [9.17, 15) is 19.7 Å². The molecule has 1 aromatic carbocycles. The Morgan fingerprint density at radius 2 is 1.76 bits per heavy atom. The molecule has 2 heterocycles. The predicted molar refractivity (Wildman–Crippen MR) is 106 cm³/mol. The molecule has 1 aromatic heterocycles. The van der Waals surface area contributed by atoms with Crippen molar-refractivity contribution in [2.24, 2.45) is 11.8 Å². The average molecular weight is 397 g/mol. The Balaban J connectivity index is 1.42. The fourth-order valence-corrected chi connectivity index (χ4v) is 3.68. The number of likely N-dealkylation sites (tertiary alicyclic amines) is 1. The van der Waals surface area contributed by atoms with Crippen LogP contribution in [0.25, 0.3) is 5.69 Å².